The highest BCUT2D eigenvalue weighted by Gasteiger charge is 2.13. The van der Waals surface area contributed by atoms with E-state index in [4.69, 9.17) is 0 Å². The van der Waals surface area contributed by atoms with Gasteiger partial charge in [-0.25, -0.2) is 0 Å². The van der Waals surface area contributed by atoms with Crippen LogP contribution in [0, 0.1) is 0 Å². The molecule has 8 aromatic rings. The average molecular weight is 470 g/mol. The van der Waals surface area contributed by atoms with Crippen molar-refractivity contribution < 1.29 is 0 Å². The quantitative estimate of drug-likeness (QED) is 0.222. The molecule has 0 atom stereocenters. The Balaban J connectivity index is 1.35. The van der Waals surface area contributed by atoms with Crippen molar-refractivity contribution in [3.05, 3.63) is 140 Å². The molecule has 0 radical (unpaired) electrons. The second-order valence-corrected chi connectivity index (χ2v) is 9.77. The van der Waals surface area contributed by atoms with Crippen LogP contribution in [0.15, 0.2) is 140 Å². The highest BCUT2D eigenvalue weighted by molar-refractivity contribution is 6.23. The van der Waals surface area contributed by atoms with E-state index in [-0.39, 0.29) is 0 Å². The molecule has 0 saturated heterocycles. The summed E-state index contributed by atoms with van der Waals surface area (Å²) >= 11 is 0. The standard InChI is InChI=1S/C36H23N/c1-2-10-28-24(9-1)17-18-26-23-33(29-11-3-4-14-32(29)36(26)28)25-19-21-27(22-20-25)37-34-15-7-5-12-30(34)31-13-6-8-16-35(31)37/h1-23H. The Morgan fingerprint density at radius 2 is 0.919 bits per heavy atom. The first kappa shape index (κ1) is 20.3. The monoisotopic (exact) mass is 469 g/mol. The maximum Gasteiger partial charge on any atom is 0.0541 e. The molecule has 0 spiro atoms. The molecule has 0 N–H and O–H groups in total. The van der Waals surface area contributed by atoms with Crippen molar-refractivity contribution in [1.29, 1.82) is 0 Å². The molecule has 7 aromatic carbocycles. The number of nitrogens with zero attached hydrogens (tertiary/aromatic N) is 1. The highest BCUT2D eigenvalue weighted by Crippen LogP contribution is 2.39. The molecule has 8 rings (SSSR count). The SMILES string of the molecule is c1ccc2c(c1)ccc1cc(-c3ccc(-n4c5ccccc5c5ccccc54)cc3)c3ccccc3c12. The summed E-state index contributed by atoms with van der Waals surface area (Å²) in [6.07, 6.45) is 0. The van der Waals surface area contributed by atoms with E-state index in [1.54, 1.807) is 0 Å². The van der Waals surface area contributed by atoms with E-state index in [2.05, 4.69) is 144 Å². The molecule has 1 heteroatoms. The van der Waals surface area contributed by atoms with Crippen molar-refractivity contribution in [3.63, 3.8) is 0 Å². The predicted octanol–water partition coefficient (Wildman–Crippen LogP) is 9.91. The van der Waals surface area contributed by atoms with E-state index in [0.29, 0.717) is 0 Å². The minimum atomic E-state index is 1.18. The number of rotatable bonds is 2. The van der Waals surface area contributed by atoms with Crippen LogP contribution in [0.2, 0.25) is 0 Å². The maximum atomic E-state index is 2.37. The molecule has 0 aliphatic heterocycles. The molecule has 0 aliphatic rings. The summed E-state index contributed by atoms with van der Waals surface area (Å²) in [4.78, 5) is 0. The van der Waals surface area contributed by atoms with Crippen LogP contribution < -0.4 is 0 Å². The fraction of sp³-hybridized carbons (Fsp3) is 0. The van der Waals surface area contributed by atoms with Gasteiger partial charge in [0.1, 0.15) is 0 Å². The molecular weight excluding hydrogens is 446 g/mol. The van der Waals surface area contributed by atoms with Gasteiger partial charge in [-0.15, -0.1) is 0 Å². The molecule has 1 aromatic heterocycles. The molecule has 0 unspecified atom stereocenters. The van der Waals surface area contributed by atoms with Crippen LogP contribution in [0.25, 0.3) is 70.9 Å². The molecule has 0 aliphatic carbocycles. The van der Waals surface area contributed by atoms with E-state index >= 15 is 0 Å². The Labute approximate surface area is 214 Å². The lowest BCUT2D eigenvalue weighted by molar-refractivity contribution is 1.18. The average Bonchev–Trinajstić information content (AvgIpc) is 3.31. The summed E-state index contributed by atoms with van der Waals surface area (Å²) in [6, 6.07) is 50.8. The smallest absolute Gasteiger partial charge is 0.0541 e. The van der Waals surface area contributed by atoms with Crippen LogP contribution in [0.4, 0.5) is 0 Å². The number of benzene rings is 7. The molecule has 0 amide bonds. The topological polar surface area (TPSA) is 4.93 Å². The van der Waals surface area contributed by atoms with Crippen LogP contribution in [0.3, 0.4) is 0 Å². The zero-order chi connectivity index (χ0) is 24.3. The first-order chi connectivity index (χ1) is 18.4. The lowest BCUT2D eigenvalue weighted by Gasteiger charge is -2.14. The van der Waals surface area contributed by atoms with E-state index in [1.165, 1.54) is 70.9 Å². The largest absolute Gasteiger partial charge is 0.309 e. The third-order valence-corrected chi connectivity index (χ3v) is 7.76. The van der Waals surface area contributed by atoms with Crippen molar-refractivity contribution in [2.75, 3.05) is 0 Å². The molecule has 0 bridgehead atoms. The van der Waals surface area contributed by atoms with Gasteiger partial charge in [0.05, 0.1) is 11.0 Å². The lowest BCUT2D eigenvalue weighted by atomic mass is 9.91. The first-order valence-electron chi connectivity index (χ1n) is 12.8. The minimum Gasteiger partial charge on any atom is -0.309 e. The number of para-hydroxylation sites is 2. The summed E-state index contributed by atoms with van der Waals surface area (Å²) < 4.78 is 2.37. The van der Waals surface area contributed by atoms with Crippen molar-refractivity contribution in [2.24, 2.45) is 0 Å². The van der Waals surface area contributed by atoms with E-state index < -0.39 is 0 Å². The fourth-order valence-corrected chi connectivity index (χ4v) is 6.11. The van der Waals surface area contributed by atoms with Gasteiger partial charge in [-0.1, -0.05) is 109 Å². The summed E-state index contributed by atoms with van der Waals surface area (Å²) in [5.74, 6) is 0. The number of fused-ring (bicyclic) bond motifs is 8. The van der Waals surface area contributed by atoms with E-state index in [0.717, 1.165) is 0 Å². The van der Waals surface area contributed by atoms with Crippen molar-refractivity contribution >= 4 is 54.1 Å². The van der Waals surface area contributed by atoms with Gasteiger partial charge in [0.15, 0.2) is 0 Å². The Morgan fingerprint density at radius 1 is 0.378 bits per heavy atom. The lowest BCUT2D eigenvalue weighted by Crippen LogP contribution is -1.93. The second kappa shape index (κ2) is 7.81. The Bertz CT molecular complexity index is 2070. The normalized spacial score (nSPS) is 11.8. The van der Waals surface area contributed by atoms with Crippen LogP contribution >= 0.6 is 0 Å². The summed E-state index contributed by atoms with van der Waals surface area (Å²) in [6.45, 7) is 0. The molecule has 1 nitrogen and oxygen atoms in total. The zero-order valence-corrected chi connectivity index (χ0v) is 20.2. The Morgan fingerprint density at radius 3 is 1.62 bits per heavy atom. The molecule has 0 fully saturated rings. The fourth-order valence-electron chi connectivity index (χ4n) is 6.11. The Kier molecular flexibility index (Phi) is 4.29. The second-order valence-electron chi connectivity index (χ2n) is 9.77. The third kappa shape index (κ3) is 2.98. The van der Waals surface area contributed by atoms with Crippen LogP contribution in [-0.2, 0) is 0 Å². The Hall–Kier alpha value is -4.88. The number of aromatic nitrogens is 1. The van der Waals surface area contributed by atoms with Gasteiger partial charge in [0.2, 0.25) is 0 Å². The summed E-state index contributed by atoms with van der Waals surface area (Å²) in [5, 5.41) is 10.4. The molecule has 37 heavy (non-hydrogen) atoms. The molecule has 172 valence electrons. The van der Waals surface area contributed by atoms with Crippen molar-refractivity contribution in [1.82, 2.24) is 4.57 Å². The number of hydrogen-bond acceptors (Lipinski definition) is 0. The van der Waals surface area contributed by atoms with Crippen molar-refractivity contribution in [3.8, 4) is 16.8 Å². The van der Waals surface area contributed by atoms with Gasteiger partial charge in [0, 0.05) is 16.5 Å². The van der Waals surface area contributed by atoms with Gasteiger partial charge < -0.3 is 4.57 Å². The van der Waals surface area contributed by atoms with Crippen LogP contribution in [0.1, 0.15) is 0 Å². The molecular formula is C36H23N. The van der Waals surface area contributed by atoms with E-state index in [1.807, 2.05) is 0 Å². The van der Waals surface area contributed by atoms with Crippen LogP contribution in [-0.4, -0.2) is 4.57 Å². The summed E-state index contributed by atoms with van der Waals surface area (Å²) in [5.41, 5.74) is 6.15. The molecule has 1 heterocycles. The van der Waals surface area contributed by atoms with Gasteiger partial charge in [-0.2, -0.15) is 0 Å². The minimum absolute atomic E-state index is 1.18. The number of hydrogen-bond donors (Lipinski definition) is 0. The maximum absolute atomic E-state index is 2.37. The van der Waals surface area contributed by atoms with Gasteiger partial charge in [0.25, 0.3) is 0 Å². The third-order valence-electron chi connectivity index (χ3n) is 7.76. The van der Waals surface area contributed by atoms with Gasteiger partial charge in [-0.3, -0.25) is 0 Å². The predicted molar refractivity (Wildman–Crippen MR) is 159 cm³/mol. The molecule has 0 saturated carbocycles. The van der Waals surface area contributed by atoms with Gasteiger partial charge >= 0.3 is 0 Å². The van der Waals surface area contributed by atoms with Crippen LogP contribution in [0.5, 0.6) is 0 Å². The summed E-state index contributed by atoms with van der Waals surface area (Å²) in [7, 11) is 0. The zero-order valence-electron chi connectivity index (χ0n) is 20.2. The van der Waals surface area contributed by atoms with E-state index in [9.17, 15) is 0 Å². The highest BCUT2D eigenvalue weighted by atomic mass is 15.0. The first-order valence-corrected chi connectivity index (χ1v) is 12.8. The van der Waals surface area contributed by atoms with Crippen molar-refractivity contribution in [2.45, 2.75) is 0 Å². The van der Waals surface area contributed by atoms with Gasteiger partial charge in [-0.05, 0) is 73.8 Å².